The van der Waals surface area contributed by atoms with Gasteiger partial charge in [0.15, 0.2) is 0 Å². The van der Waals surface area contributed by atoms with Gasteiger partial charge in [-0.2, -0.15) is 0 Å². The lowest BCUT2D eigenvalue weighted by molar-refractivity contribution is -0.0526. The number of piperazine rings is 2. The van der Waals surface area contributed by atoms with E-state index in [-0.39, 0.29) is 24.9 Å². The molecule has 2 rings (SSSR count). The van der Waals surface area contributed by atoms with Crippen LogP contribution in [-0.4, -0.2) is 90.7 Å². The molecule has 106 valence electrons. The molecule has 6 heteroatoms. The summed E-state index contributed by atoms with van der Waals surface area (Å²) < 4.78 is 0. The summed E-state index contributed by atoms with van der Waals surface area (Å²) in [6, 6.07) is 0.157. The van der Waals surface area contributed by atoms with E-state index in [1.54, 1.807) is 0 Å². The van der Waals surface area contributed by atoms with Crippen LogP contribution in [0.3, 0.4) is 0 Å². The van der Waals surface area contributed by atoms with Gasteiger partial charge in [-0.25, -0.2) is 0 Å². The van der Waals surface area contributed by atoms with Crippen LogP contribution in [0.15, 0.2) is 0 Å². The molecule has 0 bridgehead atoms. The van der Waals surface area contributed by atoms with Gasteiger partial charge in [-0.15, -0.1) is 0 Å². The Hall–Kier alpha value is -0.240. The lowest BCUT2D eigenvalue weighted by Crippen LogP contribution is -2.67. The second-order valence-corrected chi connectivity index (χ2v) is 5.19. The SMILES string of the molecule is CC(O)C1CNCCN1C1CNCCN1CCO. The summed E-state index contributed by atoms with van der Waals surface area (Å²) in [6.45, 7) is 8.35. The minimum Gasteiger partial charge on any atom is -0.395 e. The van der Waals surface area contributed by atoms with Crippen LogP contribution in [0, 0.1) is 0 Å². The molecule has 0 aliphatic carbocycles. The van der Waals surface area contributed by atoms with E-state index in [0.717, 1.165) is 39.3 Å². The van der Waals surface area contributed by atoms with E-state index >= 15 is 0 Å². The van der Waals surface area contributed by atoms with Crippen LogP contribution >= 0.6 is 0 Å². The fourth-order valence-electron chi connectivity index (χ4n) is 3.01. The van der Waals surface area contributed by atoms with Crippen LogP contribution in [0.1, 0.15) is 6.92 Å². The Morgan fingerprint density at radius 2 is 1.94 bits per heavy atom. The van der Waals surface area contributed by atoms with Crippen LogP contribution in [0.2, 0.25) is 0 Å². The molecule has 2 aliphatic rings. The van der Waals surface area contributed by atoms with Crippen molar-refractivity contribution in [1.82, 2.24) is 20.4 Å². The molecular formula is C12H26N4O2. The Morgan fingerprint density at radius 3 is 2.67 bits per heavy atom. The summed E-state index contributed by atoms with van der Waals surface area (Å²) in [4.78, 5) is 4.69. The molecule has 2 aliphatic heterocycles. The molecule has 0 amide bonds. The van der Waals surface area contributed by atoms with Gasteiger partial charge in [-0.1, -0.05) is 0 Å². The number of rotatable bonds is 4. The van der Waals surface area contributed by atoms with Crippen molar-refractivity contribution in [3.05, 3.63) is 0 Å². The first kappa shape index (κ1) is 14.2. The van der Waals surface area contributed by atoms with Crippen molar-refractivity contribution in [2.24, 2.45) is 0 Å². The second kappa shape index (κ2) is 6.79. The Labute approximate surface area is 109 Å². The summed E-state index contributed by atoms with van der Waals surface area (Å²) in [5.41, 5.74) is 0. The molecule has 0 radical (unpaired) electrons. The van der Waals surface area contributed by atoms with Gasteiger partial charge in [0.05, 0.1) is 18.9 Å². The van der Waals surface area contributed by atoms with Crippen molar-refractivity contribution >= 4 is 0 Å². The second-order valence-electron chi connectivity index (χ2n) is 5.19. The molecule has 0 spiro atoms. The molecule has 2 saturated heterocycles. The predicted octanol–water partition coefficient (Wildman–Crippen LogP) is -2.14. The number of nitrogens with zero attached hydrogens (tertiary/aromatic N) is 2. The quantitative estimate of drug-likeness (QED) is 0.462. The first-order chi connectivity index (χ1) is 8.74. The Morgan fingerprint density at radius 1 is 1.22 bits per heavy atom. The summed E-state index contributed by atoms with van der Waals surface area (Å²) in [5, 5.41) is 25.8. The Balaban J connectivity index is 2.05. The lowest BCUT2D eigenvalue weighted by atomic mass is 10.1. The fraction of sp³-hybridized carbons (Fsp3) is 1.00. The minimum atomic E-state index is -0.337. The van der Waals surface area contributed by atoms with Crippen molar-refractivity contribution in [3.63, 3.8) is 0 Å². The largest absolute Gasteiger partial charge is 0.395 e. The van der Waals surface area contributed by atoms with Gasteiger partial charge >= 0.3 is 0 Å². The van der Waals surface area contributed by atoms with Gasteiger partial charge < -0.3 is 20.8 Å². The van der Waals surface area contributed by atoms with Gasteiger partial charge in [-0.3, -0.25) is 9.80 Å². The van der Waals surface area contributed by atoms with E-state index in [2.05, 4.69) is 20.4 Å². The lowest BCUT2D eigenvalue weighted by Gasteiger charge is -2.48. The van der Waals surface area contributed by atoms with Crippen LogP contribution in [0.5, 0.6) is 0 Å². The zero-order chi connectivity index (χ0) is 13.0. The van der Waals surface area contributed by atoms with Crippen LogP contribution in [0.4, 0.5) is 0 Å². The van der Waals surface area contributed by atoms with Gasteiger partial charge in [0, 0.05) is 51.9 Å². The molecular weight excluding hydrogens is 232 g/mol. The number of nitrogens with one attached hydrogen (secondary N) is 2. The van der Waals surface area contributed by atoms with E-state index < -0.39 is 0 Å². The topological polar surface area (TPSA) is 71.0 Å². The maximum Gasteiger partial charge on any atom is 0.0756 e. The molecule has 4 N–H and O–H groups in total. The normalized spacial score (nSPS) is 33.5. The number of hydrogen-bond acceptors (Lipinski definition) is 6. The smallest absolute Gasteiger partial charge is 0.0756 e. The monoisotopic (exact) mass is 258 g/mol. The van der Waals surface area contributed by atoms with Crippen LogP contribution in [-0.2, 0) is 0 Å². The van der Waals surface area contributed by atoms with Crippen LogP contribution in [0.25, 0.3) is 0 Å². The van der Waals surface area contributed by atoms with E-state index in [0.29, 0.717) is 6.54 Å². The van der Waals surface area contributed by atoms with E-state index in [4.69, 9.17) is 5.11 Å². The highest BCUT2D eigenvalue weighted by Gasteiger charge is 2.35. The molecule has 2 fully saturated rings. The summed E-state index contributed by atoms with van der Waals surface area (Å²) in [5.74, 6) is 0. The van der Waals surface area contributed by atoms with Crippen molar-refractivity contribution in [2.45, 2.75) is 25.2 Å². The third-order valence-corrected chi connectivity index (χ3v) is 3.98. The van der Waals surface area contributed by atoms with E-state index in [9.17, 15) is 5.11 Å². The number of aliphatic hydroxyl groups excluding tert-OH is 2. The highest BCUT2D eigenvalue weighted by atomic mass is 16.3. The Bertz CT molecular complexity index is 250. The number of aliphatic hydroxyl groups is 2. The maximum atomic E-state index is 9.92. The highest BCUT2D eigenvalue weighted by Crippen LogP contribution is 2.16. The summed E-state index contributed by atoms with van der Waals surface area (Å²) >= 11 is 0. The molecule has 0 saturated carbocycles. The molecule has 3 unspecified atom stereocenters. The molecule has 0 aromatic rings. The van der Waals surface area contributed by atoms with Gasteiger partial charge in [-0.05, 0) is 6.92 Å². The molecule has 0 aromatic heterocycles. The van der Waals surface area contributed by atoms with E-state index in [1.165, 1.54) is 0 Å². The molecule has 2 heterocycles. The third-order valence-electron chi connectivity index (χ3n) is 3.98. The number of β-amino-alcohol motifs (C(OH)–C–C–N with tert-alkyl or cyclic N) is 1. The average molecular weight is 258 g/mol. The predicted molar refractivity (Wildman–Crippen MR) is 70.4 cm³/mol. The van der Waals surface area contributed by atoms with Crippen LogP contribution < -0.4 is 10.6 Å². The molecule has 3 atom stereocenters. The average Bonchev–Trinajstić information content (AvgIpc) is 2.40. The Kier molecular flexibility index (Phi) is 5.35. The molecule has 0 aromatic carbocycles. The van der Waals surface area contributed by atoms with Crippen molar-refractivity contribution in [2.75, 3.05) is 52.4 Å². The molecule has 6 nitrogen and oxygen atoms in total. The summed E-state index contributed by atoms with van der Waals surface area (Å²) in [7, 11) is 0. The fourth-order valence-corrected chi connectivity index (χ4v) is 3.01. The maximum absolute atomic E-state index is 9.92. The van der Waals surface area contributed by atoms with Gasteiger partial charge in [0.25, 0.3) is 0 Å². The molecule has 18 heavy (non-hydrogen) atoms. The van der Waals surface area contributed by atoms with Crippen molar-refractivity contribution < 1.29 is 10.2 Å². The highest BCUT2D eigenvalue weighted by molar-refractivity contribution is 4.90. The van der Waals surface area contributed by atoms with E-state index in [1.807, 2.05) is 6.92 Å². The first-order valence-corrected chi connectivity index (χ1v) is 6.94. The number of hydrogen-bond donors (Lipinski definition) is 4. The zero-order valence-corrected chi connectivity index (χ0v) is 11.2. The summed E-state index contributed by atoms with van der Waals surface area (Å²) in [6.07, 6.45) is -0.0525. The third kappa shape index (κ3) is 3.20. The van der Waals surface area contributed by atoms with Gasteiger partial charge in [0.1, 0.15) is 0 Å². The first-order valence-electron chi connectivity index (χ1n) is 6.94. The minimum absolute atomic E-state index is 0.157. The van der Waals surface area contributed by atoms with Crippen molar-refractivity contribution in [1.29, 1.82) is 0 Å². The van der Waals surface area contributed by atoms with Gasteiger partial charge in [0.2, 0.25) is 0 Å². The van der Waals surface area contributed by atoms with Crippen molar-refractivity contribution in [3.8, 4) is 0 Å². The standard InChI is InChI=1S/C12H26N4O2/c1-10(18)11-8-13-3-5-16(11)12-9-14-2-4-15(12)6-7-17/h10-14,17-18H,2-9H2,1H3. The zero-order valence-electron chi connectivity index (χ0n) is 11.2.